The van der Waals surface area contributed by atoms with Gasteiger partial charge in [-0.25, -0.2) is 0 Å². The maximum atomic E-state index is 12.5. The smallest absolute Gasteiger partial charge is 0.261 e. The molecule has 3 rings (SSSR count). The molecule has 1 amide bonds. The second kappa shape index (κ2) is 9.63. The van der Waals surface area contributed by atoms with E-state index < -0.39 is 6.10 Å². The summed E-state index contributed by atoms with van der Waals surface area (Å²) < 4.78 is 5.94. The lowest BCUT2D eigenvalue weighted by molar-refractivity contribution is -0.127. The zero-order valence-electron chi connectivity index (χ0n) is 17.3. The van der Waals surface area contributed by atoms with E-state index in [0.717, 1.165) is 30.0 Å². The van der Waals surface area contributed by atoms with Gasteiger partial charge in [0.05, 0.1) is 0 Å². The second-order valence-electron chi connectivity index (χ2n) is 7.88. The number of hydrogen-bond donors (Lipinski definition) is 1. The van der Waals surface area contributed by atoms with Crippen LogP contribution in [0.3, 0.4) is 0 Å². The Hall–Kier alpha value is -2.49. The fourth-order valence-electron chi connectivity index (χ4n) is 3.62. The van der Waals surface area contributed by atoms with Gasteiger partial charge in [0.1, 0.15) is 5.75 Å². The van der Waals surface area contributed by atoms with Gasteiger partial charge in [0.15, 0.2) is 6.10 Å². The normalized spacial score (nSPS) is 15.4. The van der Waals surface area contributed by atoms with E-state index in [-0.39, 0.29) is 5.91 Å². The summed E-state index contributed by atoms with van der Waals surface area (Å²) in [4.78, 5) is 14.9. The summed E-state index contributed by atoms with van der Waals surface area (Å²) in [5.74, 6) is 1.04. The number of rotatable bonds is 7. The van der Waals surface area contributed by atoms with Crippen LogP contribution in [0, 0.1) is 0 Å². The quantitative estimate of drug-likeness (QED) is 0.744. The third-order valence-electron chi connectivity index (χ3n) is 5.34. The molecule has 2 aromatic carbocycles. The van der Waals surface area contributed by atoms with Crippen LogP contribution in [0.5, 0.6) is 5.75 Å². The van der Waals surface area contributed by atoms with E-state index in [2.05, 4.69) is 54.4 Å². The number of amides is 1. The lowest BCUT2D eigenvalue weighted by Gasteiger charge is -2.28. The van der Waals surface area contributed by atoms with Gasteiger partial charge in [-0.05, 0) is 61.4 Å². The molecule has 1 aliphatic heterocycles. The SMILES string of the molecule is CC(Oc1ccccc1C(C)C)C(=O)NCc1ccc(N2CCCCC2)cc1. The monoisotopic (exact) mass is 380 g/mol. The predicted octanol–water partition coefficient (Wildman–Crippen LogP) is 4.88. The number of ether oxygens (including phenoxy) is 1. The first-order valence-corrected chi connectivity index (χ1v) is 10.4. The average Bonchev–Trinajstić information content (AvgIpc) is 2.73. The van der Waals surface area contributed by atoms with Crippen molar-refractivity contribution in [2.75, 3.05) is 18.0 Å². The highest BCUT2D eigenvalue weighted by Gasteiger charge is 2.17. The topological polar surface area (TPSA) is 41.6 Å². The molecule has 150 valence electrons. The molecule has 0 aliphatic carbocycles. The molecule has 1 unspecified atom stereocenters. The van der Waals surface area contributed by atoms with E-state index >= 15 is 0 Å². The minimum absolute atomic E-state index is 0.0985. The Morgan fingerprint density at radius 1 is 1.00 bits per heavy atom. The van der Waals surface area contributed by atoms with Crippen LogP contribution in [0.2, 0.25) is 0 Å². The Bertz CT molecular complexity index is 764. The molecule has 0 saturated carbocycles. The Balaban J connectivity index is 1.52. The van der Waals surface area contributed by atoms with Crippen molar-refractivity contribution in [1.82, 2.24) is 5.32 Å². The summed E-state index contributed by atoms with van der Waals surface area (Å²) in [7, 11) is 0. The molecule has 4 nitrogen and oxygen atoms in total. The zero-order chi connectivity index (χ0) is 19.9. The number of benzene rings is 2. The Labute approximate surface area is 168 Å². The van der Waals surface area contributed by atoms with Crippen molar-refractivity contribution in [2.24, 2.45) is 0 Å². The highest BCUT2D eigenvalue weighted by atomic mass is 16.5. The summed E-state index contributed by atoms with van der Waals surface area (Å²) in [5, 5.41) is 2.99. The average molecular weight is 381 g/mol. The van der Waals surface area contributed by atoms with Gasteiger partial charge in [0.2, 0.25) is 0 Å². The molecule has 0 radical (unpaired) electrons. The Morgan fingerprint density at radius 2 is 1.68 bits per heavy atom. The van der Waals surface area contributed by atoms with E-state index in [1.54, 1.807) is 6.92 Å². The van der Waals surface area contributed by atoms with E-state index in [1.807, 2.05) is 18.2 Å². The van der Waals surface area contributed by atoms with E-state index in [4.69, 9.17) is 4.74 Å². The molecular weight excluding hydrogens is 348 g/mol. The summed E-state index contributed by atoms with van der Waals surface area (Å²) in [6.45, 7) is 8.84. The van der Waals surface area contributed by atoms with Gasteiger partial charge < -0.3 is 15.0 Å². The number of carbonyl (C=O) groups excluding carboxylic acids is 1. The summed E-state index contributed by atoms with van der Waals surface area (Å²) in [5.41, 5.74) is 3.50. The molecule has 1 atom stereocenters. The summed E-state index contributed by atoms with van der Waals surface area (Å²) >= 11 is 0. The lowest BCUT2D eigenvalue weighted by Crippen LogP contribution is -2.36. The number of hydrogen-bond acceptors (Lipinski definition) is 3. The number of nitrogens with one attached hydrogen (secondary N) is 1. The maximum Gasteiger partial charge on any atom is 0.261 e. The van der Waals surface area contributed by atoms with Gasteiger partial charge in [0.25, 0.3) is 5.91 Å². The van der Waals surface area contributed by atoms with Gasteiger partial charge in [-0.2, -0.15) is 0 Å². The molecule has 2 aromatic rings. The van der Waals surface area contributed by atoms with Gasteiger partial charge in [-0.1, -0.05) is 44.2 Å². The molecule has 28 heavy (non-hydrogen) atoms. The van der Waals surface area contributed by atoms with Crippen LogP contribution in [-0.2, 0) is 11.3 Å². The molecular formula is C24H32N2O2. The van der Waals surface area contributed by atoms with Crippen molar-refractivity contribution in [3.8, 4) is 5.75 Å². The van der Waals surface area contributed by atoms with Crippen molar-refractivity contribution in [1.29, 1.82) is 0 Å². The largest absolute Gasteiger partial charge is 0.481 e. The molecule has 0 aromatic heterocycles. The fraction of sp³-hybridized carbons (Fsp3) is 0.458. The Morgan fingerprint density at radius 3 is 2.36 bits per heavy atom. The third-order valence-corrected chi connectivity index (χ3v) is 5.34. The van der Waals surface area contributed by atoms with E-state index in [0.29, 0.717) is 12.5 Å². The van der Waals surface area contributed by atoms with Crippen LogP contribution in [0.15, 0.2) is 48.5 Å². The predicted molar refractivity (Wildman–Crippen MR) is 115 cm³/mol. The highest BCUT2D eigenvalue weighted by Crippen LogP contribution is 2.26. The first-order chi connectivity index (χ1) is 13.5. The van der Waals surface area contributed by atoms with Crippen LogP contribution in [0.4, 0.5) is 5.69 Å². The second-order valence-corrected chi connectivity index (χ2v) is 7.88. The van der Waals surface area contributed by atoms with Crippen molar-refractivity contribution in [3.05, 3.63) is 59.7 Å². The Kier molecular flexibility index (Phi) is 6.96. The van der Waals surface area contributed by atoms with Crippen LogP contribution in [0.25, 0.3) is 0 Å². The van der Waals surface area contributed by atoms with Gasteiger partial charge in [-0.15, -0.1) is 0 Å². The molecule has 0 spiro atoms. The molecule has 1 heterocycles. The number of carbonyl (C=O) groups is 1. The van der Waals surface area contributed by atoms with Gasteiger partial charge in [-0.3, -0.25) is 4.79 Å². The summed E-state index contributed by atoms with van der Waals surface area (Å²) in [6.07, 6.45) is 3.35. The van der Waals surface area contributed by atoms with Crippen LogP contribution in [0.1, 0.15) is 57.1 Å². The number of anilines is 1. The molecule has 1 aliphatic rings. The highest BCUT2D eigenvalue weighted by molar-refractivity contribution is 5.80. The van der Waals surface area contributed by atoms with E-state index in [9.17, 15) is 4.79 Å². The summed E-state index contributed by atoms with van der Waals surface area (Å²) in [6, 6.07) is 16.4. The van der Waals surface area contributed by atoms with Crippen molar-refractivity contribution < 1.29 is 9.53 Å². The minimum atomic E-state index is -0.535. The van der Waals surface area contributed by atoms with Crippen molar-refractivity contribution in [3.63, 3.8) is 0 Å². The van der Waals surface area contributed by atoms with Crippen LogP contribution in [-0.4, -0.2) is 25.1 Å². The number of piperidine rings is 1. The first-order valence-electron chi connectivity index (χ1n) is 10.4. The van der Waals surface area contributed by atoms with Crippen LogP contribution < -0.4 is 15.0 Å². The fourth-order valence-corrected chi connectivity index (χ4v) is 3.62. The van der Waals surface area contributed by atoms with Crippen molar-refractivity contribution in [2.45, 2.75) is 58.6 Å². The van der Waals surface area contributed by atoms with Crippen LogP contribution >= 0.6 is 0 Å². The number of nitrogens with zero attached hydrogens (tertiary/aromatic N) is 1. The molecule has 0 bridgehead atoms. The van der Waals surface area contributed by atoms with Gasteiger partial charge in [0, 0.05) is 25.3 Å². The first kappa shape index (κ1) is 20.2. The molecule has 4 heteroatoms. The maximum absolute atomic E-state index is 12.5. The minimum Gasteiger partial charge on any atom is -0.481 e. The molecule has 1 N–H and O–H groups in total. The van der Waals surface area contributed by atoms with Crippen molar-refractivity contribution >= 4 is 11.6 Å². The van der Waals surface area contributed by atoms with Gasteiger partial charge >= 0.3 is 0 Å². The lowest BCUT2D eigenvalue weighted by atomic mass is 10.0. The standard InChI is InChI=1S/C24H32N2O2/c1-18(2)22-9-5-6-10-23(22)28-19(3)24(27)25-17-20-11-13-21(14-12-20)26-15-7-4-8-16-26/h5-6,9-14,18-19H,4,7-8,15-17H2,1-3H3,(H,25,27). The molecule has 1 saturated heterocycles. The zero-order valence-corrected chi connectivity index (χ0v) is 17.3. The number of para-hydroxylation sites is 1. The van der Waals surface area contributed by atoms with E-state index in [1.165, 1.54) is 24.9 Å². The third kappa shape index (κ3) is 5.28. The molecule has 1 fully saturated rings.